The van der Waals surface area contributed by atoms with Gasteiger partial charge in [0.15, 0.2) is 11.5 Å². The first-order valence-corrected chi connectivity index (χ1v) is 12.5. The molecule has 1 fully saturated rings. The van der Waals surface area contributed by atoms with Gasteiger partial charge in [-0.3, -0.25) is 9.69 Å². The van der Waals surface area contributed by atoms with Crippen LogP contribution in [0.25, 0.3) is 0 Å². The summed E-state index contributed by atoms with van der Waals surface area (Å²) in [7, 11) is 0. The van der Waals surface area contributed by atoms with Gasteiger partial charge in [-0.1, -0.05) is 55.8 Å². The topological polar surface area (TPSA) is 42.0 Å². The van der Waals surface area contributed by atoms with Crippen LogP contribution in [0.5, 0.6) is 11.5 Å². The third-order valence-corrected chi connectivity index (χ3v) is 6.52. The largest absolute Gasteiger partial charge is 0.489 e. The quantitative estimate of drug-likeness (QED) is 0.543. The predicted octanol–water partition coefficient (Wildman–Crippen LogP) is 5.40. The Labute approximate surface area is 202 Å². The van der Waals surface area contributed by atoms with Crippen molar-refractivity contribution in [1.82, 2.24) is 9.80 Å². The molecule has 0 aromatic heterocycles. The van der Waals surface area contributed by atoms with Gasteiger partial charge >= 0.3 is 0 Å². The number of amides is 1. The molecule has 0 saturated carbocycles. The number of rotatable bonds is 7. The molecule has 0 spiro atoms. The van der Waals surface area contributed by atoms with E-state index in [-0.39, 0.29) is 11.8 Å². The number of hydrogen-bond acceptors (Lipinski definition) is 4. The van der Waals surface area contributed by atoms with Crippen molar-refractivity contribution in [2.45, 2.75) is 46.2 Å². The van der Waals surface area contributed by atoms with E-state index in [4.69, 9.17) is 21.1 Å². The van der Waals surface area contributed by atoms with Gasteiger partial charge in [0, 0.05) is 32.6 Å². The maximum atomic E-state index is 13.7. The van der Waals surface area contributed by atoms with Crippen LogP contribution in [0.3, 0.4) is 0 Å². The molecule has 1 saturated heterocycles. The molecule has 4 rings (SSSR count). The van der Waals surface area contributed by atoms with Crippen molar-refractivity contribution in [2.75, 3.05) is 32.8 Å². The Morgan fingerprint density at radius 3 is 2.70 bits per heavy atom. The minimum Gasteiger partial charge on any atom is -0.489 e. The van der Waals surface area contributed by atoms with Gasteiger partial charge in [-0.25, -0.2) is 0 Å². The molecule has 2 aliphatic heterocycles. The summed E-state index contributed by atoms with van der Waals surface area (Å²) in [5.74, 6) is 1.94. The van der Waals surface area contributed by atoms with Crippen molar-refractivity contribution in [2.24, 2.45) is 11.8 Å². The van der Waals surface area contributed by atoms with Crippen LogP contribution < -0.4 is 9.47 Å². The number of carbonyl (C=O) groups excluding carboxylic acids is 1. The summed E-state index contributed by atoms with van der Waals surface area (Å²) in [4.78, 5) is 18.1. The normalized spacial score (nSPS) is 18.7. The third-order valence-electron chi connectivity index (χ3n) is 6.24. The van der Waals surface area contributed by atoms with E-state index in [1.807, 2.05) is 23.1 Å². The molecular formula is C27H35ClN2O3. The van der Waals surface area contributed by atoms with Crippen LogP contribution in [0.15, 0.2) is 42.5 Å². The lowest BCUT2D eigenvalue weighted by Gasteiger charge is -2.35. The number of halogens is 1. The molecule has 6 heteroatoms. The molecule has 2 aliphatic rings. The Balaban J connectivity index is 1.47. The zero-order valence-electron chi connectivity index (χ0n) is 19.8. The second-order valence-corrected chi connectivity index (χ2v) is 10.0. The number of fused-ring (bicyclic) bond motifs is 1. The third kappa shape index (κ3) is 6.42. The summed E-state index contributed by atoms with van der Waals surface area (Å²) in [6, 6.07) is 14.4. The Morgan fingerprint density at radius 2 is 1.91 bits per heavy atom. The standard InChI is InChI=1S/C27H35ClN2O3/c1-20(2)16-30(18-22-14-24(28)26-25(15-22)32-12-7-13-33-26)27(31)23-10-6-11-29(19-23)17-21-8-4-3-5-9-21/h3-5,8-9,14-15,20,23H,6-7,10-13,16-19H2,1-2H3. The van der Waals surface area contributed by atoms with Gasteiger partial charge in [0.25, 0.3) is 0 Å². The van der Waals surface area contributed by atoms with Crippen LogP contribution in [-0.2, 0) is 17.9 Å². The summed E-state index contributed by atoms with van der Waals surface area (Å²) in [6.45, 7) is 9.53. The second kappa shape index (κ2) is 11.3. The maximum absolute atomic E-state index is 13.7. The van der Waals surface area contributed by atoms with E-state index in [9.17, 15) is 4.79 Å². The number of likely N-dealkylation sites (tertiary alicyclic amines) is 1. The average Bonchev–Trinajstić information content (AvgIpc) is 3.05. The van der Waals surface area contributed by atoms with Gasteiger partial charge in [0.2, 0.25) is 5.91 Å². The smallest absolute Gasteiger partial charge is 0.227 e. The molecule has 1 atom stereocenters. The summed E-state index contributed by atoms with van der Waals surface area (Å²) in [5.41, 5.74) is 2.28. The minimum absolute atomic E-state index is 0.0251. The highest BCUT2D eigenvalue weighted by atomic mass is 35.5. The number of hydrogen-bond donors (Lipinski definition) is 0. The van der Waals surface area contributed by atoms with Gasteiger partial charge in [-0.2, -0.15) is 0 Å². The second-order valence-electron chi connectivity index (χ2n) is 9.63. The first kappa shape index (κ1) is 23.9. The van der Waals surface area contributed by atoms with Crippen molar-refractivity contribution < 1.29 is 14.3 Å². The molecule has 0 aliphatic carbocycles. The minimum atomic E-state index is 0.0251. The lowest BCUT2D eigenvalue weighted by atomic mass is 9.95. The van der Waals surface area contributed by atoms with Gasteiger partial charge in [0.1, 0.15) is 0 Å². The lowest BCUT2D eigenvalue weighted by molar-refractivity contribution is -0.138. The Morgan fingerprint density at radius 1 is 1.12 bits per heavy atom. The van der Waals surface area contributed by atoms with Crippen LogP contribution in [0.2, 0.25) is 5.02 Å². The number of ether oxygens (including phenoxy) is 2. The van der Waals surface area contributed by atoms with Crippen LogP contribution >= 0.6 is 11.6 Å². The molecule has 1 amide bonds. The van der Waals surface area contributed by atoms with E-state index in [0.29, 0.717) is 42.2 Å². The van der Waals surface area contributed by atoms with Gasteiger partial charge in [0.05, 0.1) is 24.2 Å². The van der Waals surface area contributed by atoms with Gasteiger partial charge in [-0.05, 0) is 48.6 Å². The fraction of sp³-hybridized carbons (Fsp3) is 0.519. The molecule has 33 heavy (non-hydrogen) atoms. The molecule has 0 bridgehead atoms. The first-order chi connectivity index (χ1) is 16.0. The Bertz CT molecular complexity index is 934. The molecule has 2 heterocycles. The number of carbonyl (C=O) groups is 1. The summed E-state index contributed by atoms with van der Waals surface area (Å²) >= 11 is 6.52. The Kier molecular flexibility index (Phi) is 8.15. The molecular weight excluding hydrogens is 436 g/mol. The monoisotopic (exact) mass is 470 g/mol. The molecule has 2 aromatic carbocycles. The van der Waals surface area contributed by atoms with Crippen molar-refractivity contribution in [3.63, 3.8) is 0 Å². The molecule has 0 radical (unpaired) electrons. The number of benzene rings is 2. The molecule has 2 aromatic rings. The highest BCUT2D eigenvalue weighted by Crippen LogP contribution is 2.38. The molecule has 1 unspecified atom stereocenters. The van der Waals surface area contributed by atoms with Gasteiger partial charge < -0.3 is 14.4 Å². The van der Waals surface area contributed by atoms with Crippen LogP contribution in [0.1, 0.15) is 44.2 Å². The molecule has 5 nitrogen and oxygen atoms in total. The van der Waals surface area contributed by atoms with Crippen LogP contribution in [0, 0.1) is 11.8 Å². The van der Waals surface area contributed by atoms with Crippen molar-refractivity contribution in [3.05, 3.63) is 58.6 Å². The van der Waals surface area contributed by atoms with Crippen molar-refractivity contribution in [3.8, 4) is 11.5 Å². The van der Waals surface area contributed by atoms with Crippen LogP contribution in [-0.4, -0.2) is 48.6 Å². The van der Waals surface area contributed by atoms with Gasteiger partial charge in [-0.15, -0.1) is 0 Å². The zero-order chi connectivity index (χ0) is 23.2. The number of piperidine rings is 1. The zero-order valence-corrected chi connectivity index (χ0v) is 20.5. The fourth-order valence-corrected chi connectivity index (χ4v) is 5.06. The summed E-state index contributed by atoms with van der Waals surface area (Å²) in [6.07, 6.45) is 2.83. The van der Waals surface area contributed by atoms with E-state index in [1.165, 1.54) is 5.56 Å². The maximum Gasteiger partial charge on any atom is 0.227 e. The Hall–Kier alpha value is -2.24. The predicted molar refractivity (Wildman–Crippen MR) is 132 cm³/mol. The SMILES string of the molecule is CC(C)CN(Cc1cc(Cl)c2c(c1)OCCCO2)C(=O)C1CCCN(Cc2ccccc2)C1. The fourth-order valence-electron chi connectivity index (χ4n) is 4.77. The van der Waals surface area contributed by atoms with E-state index in [0.717, 1.165) is 51.0 Å². The highest BCUT2D eigenvalue weighted by molar-refractivity contribution is 6.32. The number of nitrogens with zero attached hydrogens (tertiary/aromatic N) is 2. The first-order valence-electron chi connectivity index (χ1n) is 12.1. The summed E-state index contributed by atoms with van der Waals surface area (Å²) in [5, 5.41) is 0.549. The van der Waals surface area contributed by atoms with E-state index >= 15 is 0 Å². The lowest BCUT2D eigenvalue weighted by Crippen LogP contribution is -2.45. The molecule has 178 valence electrons. The molecule has 0 N–H and O–H groups in total. The van der Waals surface area contributed by atoms with E-state index in [2.05, 4.69) is 43.0 Å². The van der Waals surface area contributed by atoms with E-state index in [1.54, 1.807) is 0 Å². The summed E-state index contributed by atoms with van der Waals surface area (Å²) < 4.78 is 11.6. The van der Waals surface area contributed by atoms with Crippen molar-refractivity contribution >= 4 is 17.5 Å². The average molecular weight is 471 g/mol. The van der Waals surface area contributed by atoms with Crippen LogP contribution in [0.4, 0.5) is 0 Å². The highest BCUT2D eigenvalue weighted by Gasteiger charge is 2.30. The van der Waals surface area contributed by atoms with E-state index < -0.39 is 0 Å². The van der Waals surface area contributed by atoms with Crippen molar-refractivity contribution in [1.29, 1.82) is 0 Å².